The van der Waals surface area contributed by atoms with Crippen LogP contribution in [-0.4, -0.2) is 25.6 Å². The Morgan fingerprint density at radius 2 is 1.80 bits per heavy atom. The molecule has 1 rings (SSSR count). The summed E-state index contributed by atoms with van der Waals surface area (Å²) in [6, 6.07) is 9.03. The van der Waals surface area contributed by atoms with Crippen molar-refractivity contribution in [3.05, 3.63) is 41.5 Å². The Bertz CT molecular complexity index is 485. The molecule has 0 fully saturated rings. The van der Waals surface area contributed by atoms with E-state index in [1.165, 1.54) is 7.11 Å². The summed E-state index contributed by atoms with van der Waals surface area (Å²) in [7, 11) is 1.26. The molecule has 0 aliphatic carbocycles. The van der Waals surface area contributed by atoms with Crippen molar-refractivity contribution in [1.82, 2.24) is 0 Å². The minimum Gasteiger partial charge on any atom is -0.550 e. The van der Waals surface area contributed by atoms with Crippen LogP contribution in [0.2, 0.25) is 0 Å². The third kappa shape index (κ3) is 5.46. The van der Waals surface area contributed by atoms with E-state index >= 15 is 0 Å². The van der Waals surface area contributed by atoms with Crippen molar-refractivity contribution < 1.29 is 49.0 Å². The minimum absolute atomic E-state index is 0. The molecule has 5 nitrogen and oxygen atoms in total. The number of ether oxygens (including phenoxy) is 1. The number of carboxylic acids is 1. The van der Waals surface area contributed by atoms with Crippen molar-refractivity contribution in [2.45, 2.75) is 12.8 Å². The van der Waals surface area contributed by atoms with E-state index < -0.39 is 11.9 Å². The van der Waals surface area contributed by atoms with Crippen molar-refractivity contribution in [2.24, 2.45) is 5.73 Å². The third-order valence-corrected chi connectivity index (χ3v) is 2.70. The van der Waals surface area contributed by atoms with E-state index in [0.717, 1.165) is 5.56 Å². The smallest absolute Gasteiger partial charge is 0.550 e. The predicted octanol–water partition coefficient (Wildman–Crippen LogP) is -2.89. The molecule has 0 unspecified atom stereocenters. The second kappa shape index (κ2) is 9.72. The first-order valence-corrected chi connectivity index (χ1v) is 5.85. The molecule has 0 radical (unpaired) electrons. The molecule has 0 aliphatic heterocycles. The van der Waals surface area contributed by atoms with Gasteiger partial charge in [-0.2, -0.15) is 0 Å². The topological polar surface area (TPSA) is 92.5 Å². The van der Waals surface area contributed by atoms with Gasteiger partial charge in [-0.3, -0.25) is 0 Å². The van der Waals surface area contributed by atoms with Crippen LogP contribution in [0.1, 0.15) is 18.4 Å². The van der Waals surface area contributed by atoms with Crippen LogP contribution in [0, 0.1) is 0 Å². The van der Waals surface area contributed by atoms with Crippen LogP contribution < -0.4 is 40.4 Å². The van der Waals surface area contributed by atoms with Gasteiger partial charge in [-0.05, 0) is 24.0 Å². The number of hydrogen-bond acceptors (Lipinski definition) is 5. The summed E-state index contributed by atoms with van der Waals surface area (Å²) in [5, 5.41) is 10.6. The molecule has 0 aliphatic rings. The van der Waals surface area contributed by atoms with Crippen LogP contribution in [0.25, 0.3) is 5.57 Å². The predicted molar refractivity (Wildman–Crippen MR) is 68.7 cm³/mol. The van der Waals surface area contributed by atoms with Gasteiger partial charge in [0.15, 0.2) is 0 Å². The Labute approximate surface area is 140 Å². The summed E-state index contributed by atoms with van der Waals surface area (Å²) < 4.78 is 4.67. The van der Waals surface area contributed by atoms with Crippen molar-refractivity contribution in [1.29, 1.82) is 0 Å². The molecule has 1 aromatic carbocycles. The molecule has 102 valence electrons. The van der Waals surface area contributed by atoms with Gasteiger partial charge in [0.2, 0.25) is 0 Å². The molecule has 6 heteroatoms. The number of methoxy groups -OCH3 is 1. The number of rotatable bonds is 6. The van der Waals surface area contributed by atoms with Gasteiger partial charge in [0.25, 0.3) is 0 Å². The summed E-state index contributed by atoms with van der Waals surface area (Å²) in [6.45, 7) is -0.00997. The zero-order valence-electron chi connectivity index (χ0n) is 11.7. The molecule has 0 amide bonds. The maximum absolute atomic E-state index is 11.7. The van der Waals surface area contributed by atoms with Gasteiger partial charge in [0.1, 0.15) is 0 Å². The minimum atomic E-state index is -1.17. The number of hydrogen-bond donors (Lipinski definition) is 1. The van der Waals surface area contributed by atoms with Crippen molar-refractivity contribution in [3.8, 4) is 0 Å². The molecule has 0 saturated carbocycles. The average molecular weight is 285 g/mol. The number of esters is 1. The number of benzene rings is 1. The molecular formula is C14H16NNaO4. The van der Waals surface area contributed by atoms with E-state index in [0.29, 0.717) is 5.57 Å². The standard InChI is InChI=1S/C14H17NO4.Na/c1-19-14(18)12(9-15)11(7-8-13(16)17)10-5-3-2-4-6-10;/h2-6H,7-9,15H2,1H3,(H,16,17);/q;+1/p-1/b12-11-;. The second-order valence-corrected chi connectivity index (χ2v) is 3.89. The number of aliphatic carboxylic acids is 1. The first kappa shape index (κ1) is 18.9. The average Bonchev–Trinajstić information content (AvgIpc) is 2.43. The molecule has 0 spiro atoms. The van der Waals surface area contributed by atoms with Gasteiger partial charge in [0.05, 0.1) is 12.7 Å². The van der Waals surface area contributed by atoms with Gasteiger partial charge < -0.3 is 20.4 Å². The molecule has 0 bridgehead atoms. The summed E-state index contributed by atoms with van der Waals surface area (Å²) in [5.41, 5.74) is 7.20. The number of carbonyl (C=O) groups excluding carboxylic acids is 2. The molecule has 2 N–H and O–H groups in total. The zero-order chi connectivity index (χ0) is 14.3. The Morgan fingerprint density at radius 1 is 1.20 bits per heavy atom. The molecule has 1 aromatic rings. The van der Waals surface area contributed by atoms with E-state index in [-0.39, 0.29) is 54.5 Å². The van der Waals surface area contributed by atoms with E-state index in [1.807, 2.05) is 6.07 Å². The fourth-order valence-electron chi connectivity index (χ4n) is 1.79. The maximum atomic E-state index is 11.7. The zero-order valence-corrected chi connectivity index (χ0v) is 13.7. The molecule has 0 saturated heterocycles. The van der Waals surface area contributed by atoms with E-state index in [9.17, 15) is 14.7 Å². The van der Waals surface area contributed by atoms with Gasteiger partial charge in [-0.15, -0.1) is 0 Å². The number of allylic oxidation sites excluding steroid dienone is 1. The van der Waals surface area contributed by atoms with Crippen LogP contribution in [-0.2, 0) is 14.3 Å². The van der Waals surface area contributed by atoms with Gasteiger partial charge in [-0.25, -0.2) is 4.79 Å². The molecule has 20 heavy (non-hydrogen) atoms. The first-order valence-electron chi connectivity index (χ1n) is 5.85. The van der Waals surface area contributed by atoms with Crippen molar-refractivity contribution in [2.75, 3.05) is 13.7 Å². The monoisotopic (exact) mass is 285 g/mol. The molecule has 0 aromatic heterocycles. The second-order valence-electron chi connectivity index (χ2n) is 3.89. The van der Waals surface area contributed by atoms with Gasteiger partial charge in [-0.1, -0.05) is 30.3 Å². The Morgan fingerprint density at radius 3 is 2.25 bits per heavy atom. The maximum Gasteiger partial charge on any atom is 1.00 e. The van der Waals surface area contributed by atoms with Crippen molar-refractivity contribution >= 4 is 17.5 Å². The van der Waals surface area contributed by atoms with Crippen LogP contribution >= 0.6 is 0 Å². The number of carboxylic acid groups (broad SMARTS) is 1. The van der Waals surface area contributed by atoms with Crippen molar-refractivity contribution in [3.63, 3.8) is 0 Å². The van der Waals surface area contributed by atoms with Gasteiger partial charge >= 0.3 is 35.5 Å². The summed E-state index contributed by atoms with van der Waals surface area (Å²) in [4.78, 5) is 22.3. The normalized spacial score (nSPS) is 11.1. The molecule has 0 heterocycles. The van der Waals surface area contributed by atoms with Crippen LogP contribution in [0.3, 0.4) is 0 Å². The Hall–Kier alpha value is -1.14. The van der Waals surface area contributed by atoms with E-state index in [2.05, 4.69) is 4.74 Å². The number of nitrogens with two attached hydrogens (primary N) is 1. The quantitative estimate of drug-likeness (QED) is 0.344. The van der Waals surface area contributed by atoms with E-state index in [4.69, 9.17) is 5.73 Å². The summed E-state index contributed by atoms with van der Waals surface area (Å²) >= 11 is 0. The largest absolute Gasteiger partial charge is 1.00 e. The fourth-order valence-corrected chi connectivity index (χ4v) is 1.79. The molecular weight excluding hydrogens is 269 g/mol. The van der Waals surface area contributed by atoms with Crippen LogP contribution in [0.15, 0.2) is 35.9 Å². The first-order chi connectivity index (χ1) is 9.10. The van der Waals surface area contributed by atoms with Crippen LogP contribution in [0.5, 0.6) is 0 Å². The summed E-state index contributed by atoms with van der Waals surface area (Å²) in [5.74, 6) is -1.71. The van der Waals surface area contributed by atoms with E-state index in [1.54, 1.807) is 24.3 Å². The molecule has 0 atom stereocenters. The van der Waals surface area contributed by atoms with Gasteiger partial charge in [0, 0.05) is 12.5 Å². The third-order valence-electron chi connectivity index (χ3n) is 2.70. The Kier molecular flexibility index (Phi) is 9.16. The summed E-state index contributed by atoms with van der Waals surface area (Å²) in [6.07, 6.45) is -0.00129. The number of carbonyl (C=O) groups is 2. The van der Waals surface area contributed by atoms with Crippen LogP contribution in [0.4, 0.5) is 0 Å². The SMILES string of the molecule is COC(=O)/C(CN)=C(/CCC(=O)[O-])c1ccccc1.[Na+]. The Balaban J connectivity index is 0.00000361. The fraction of sp³-hybridized carbons (Fsp3) is 0.286.